The van der Waals surface area contributed by atoms with Crippen LogP contribution in [0.25, 0.3) is 16.0 Å². The van der Waals surface area contributed by atoms with Crippen molar-refractivity contribution in [2.24, 2.45) is 0 Å². The normalized spacial score (nSPS) is 13.3. The lowest BCUT2D eigenvalue weighted by molar-refractivity contribution is 0.661. The second kappa shape index (κ2) is 13.5. The summed E-state index contributed by atoms with van der Waals surface area (Å²) in [5.74, 6) is 0. The Balaban J connectivity index is 1.46. The Morgan fingerprint density at radius 1 is 0.625 bits per heavy atom. The minimum atomic E-state index is -0.664. The first-order valence-corrected chi connectivity index (χ1v) is 17.8. The zero-order chi connectivity index (χ0) is 33.1. The molecule has 0 atom stereocenters. The third-order valence-corrected chi connectivity index (χ3v) is 10.4. The molecular formula is C45H43N3. The van der Waals surface area contributed by atoms with E-state index >= 15 is 0 Å². The average Bonchev–Trinajstić information content (AvgIpc) is 3.41. The monoisotopic (exact) mass is 625 g/mol. The summed E-state index contributed by atoms with van der Waals surface area (Å²) in [6, 6.07) is 39.6. The van der Waals surface area contributed by atoms with Crippen molar-refractivity contribution < 1.29 is 0 Å². The first kappa shape index (κ1) is 31.5. The van der Waals surface area contributed by atoms with Crippen molar-refractivity contribution in [3.63, 3.8) is 0 Å². The topological polar surface area (TPSA) is 31.4 Å². The highest BCUT2D eigenvalue weighted by Gasteiger charge is 2.51. The first-order chi connectivity index (χ1) is 23.6. The van der Waals surface area contributed by atoms with Crippen molar-refractivity contribution >= 4 is 22.7 Å². The zero-order valence-corrected chi connectivity index (χ0v) is 28.2. The maximum Gasteiger partial charge on any atom is 0.187 e. The van der Waals surface area contributed by atoms with Gasteiger partial charge in [-0.2, -0.15) is 5.26 Å². The van der Waals surface area contributed by atoms with Gasteiger partial charge in [0, 0.05) is 5.69 Å². The molecule has 0 amide bonds. The lowest BCUT2D eigenvalue weighted by Gasteiger charge is -2.45. The lowest BCUT2D eigenvalue weighted by atomic mass is 9.64. The number of rotatable bonds is 11. The summed E-state index contributed by atoms with van der Waals surface area (Å²) < 4.78 is 0. The summed E-state index contributed by atoms with van der Waals surface area (Å²) in [4.78, 5) is 6.35. The number of unbranched alkanes of at least 4 members (excludes halogenated alkanes) is 6. The molecule has 1 aliphatic heterocycles. The highest BCUT2D eigenvalue weighted by molar-refractivity contribution is 5.96. The number of hydrogen-bond donors (Lipinski definition) is 0. The van der Waals surface area contributed by atoms with E-state index in [0.717, 1.165) is 46.5 Å². The van der Waals surface area contributed by atoms with Gasteiger partial charge in [-0.25, -0.2) is 4.85 Å². The molecule has 3 heteroatoms. The molecule has 0 fully saturated rings. The van der Waals surface area contributed by atoms with E-state index in [0.29, 0.717) is 11.3 Å². The van der Waals surface area contributed by atoms with E-state index in [2.05, 4.69) is 121 Å². The molecule has 3 nitrogen and oxygen atoms in total. The molecule has 0 saturated heterocycles. The molecule has 5 aromatic carbocycles. The molecule has 1 heterocycles. The molecule has 0 aromatic heterocycles. The van der Waals surface area contributed by atoms with Gasteiger partial charge in [0.1, 0.15) is 0 Å². The Kier molecular flexibility index (Phi) is 8.88. The number of nitriles is 1. The van der Waals surface area contributed by atoms with Gasteiger partial charge in [0.25, 0.3) is 0 Å². The maximum atomic E-state index is 10.1. The van der Waals surface area contributed by atoms with Crippen molar-refractivity contribution in [2.75, 3.05) is 4.90 Å². The smallest absolute Gasteiger partial charge is 0.187 e. The predicted molar refractivity (Wildman–Crippen MR) is 199 cm³/mol. The van der Waals surface area contributed by atoms with Gasteiger partial charge in [-0.05, 0) is 107 Å². The molecule has 1 spiro atoms. The van der Waals surface area contributed by atoms with Gasteiger partial charge in [0.15, 0.2) is 5.69 Å². The van der Waals surface area contributed by atoms with E-state index in [1.54, 1.807) is 0 Å². The van der Waals surface area contributed by atoms with E-state index in [1.807, 2.05) is 12.1 Å². The second-order valence-electron chi connectivity index (χ2n) is 13.5. The third kappa shape index (κ3) is 5.29. The lowest BCUT2D eigenvalue weighted by Crippen LogP contribution is -2.36. The van der Waals surface area contributed by atoms with E-state index in [9.17, 15) is 5.26 Å². The van der Waals surface area contributed by atoms with Crippen LogP contribution in [0.1, 0.15) is 104 Å². The number of fused-ring (bicyclic) bond motifs is 9. The summed E-state index contributed by atoms with van der Waals surface area (Å²) >= 11 is 0. The molecule has 0 saturated carbocycles. The largest absolute Gasteiger partial charge is 0.310 e. The number of benzene rings is 5. The van der Waals surface area contributed by atoms with Gasteiger partial charge in [0.2, 0.25) is 0 Å². The van der Waals surface area contributed by atoms with Gasteiger partial charge >= 0.3 is 0 Å². The van der Waals surface area contributed by atoms with Crippen LogP contribution in [0.4, 0.5) is 22.7 Å². The second-order valence-corrected chi connectivity index (χ2v) is 13.5. The molecular weight excluding hydrogens is 583 g/mol. The van der Waals surface area contributed by atoms with Crippen molar-refractivity contribution in [3.05, 3.63) is 153 Å². The Hall–Kier alpha value is -5.12. The van der Waals surface area contributed by atoms with E-state index in [-0.39, 0.29) is 0 Å². The number of para-hydroxylation sites is 2. The molecule has 238 valence electrons. The standard InChI is InChI=1S/C45H43N3/c1-4-6-8-10-16-32-26-33(17-11-9-7-5-2)28-36(27-32)48-43-20-14-12-18-39(43)45(40-19-13-15-21-44(40)48)41-29-34(31-46)22-24-37(41)38-25-23-35(47-3)30-42(38)45/h12-15,18-30H,4-11,16-17H2,1-2H3. The van der Waals surface area contributed by atoms with Crippen LogP contribution in [0.2, 0.25) is 0 Å². The quantitative estimate of drug-likeness (QED) is 0.106. The number of nitrogens with zero attached hydrogens (tertiary/aromatic N) is 3. The number of hydrogen-bond acceptors (Lipinski definition) is 2. The van der Waals surface area contributed by atoms with Gasteiger partial charge in [-0.1, -0.05) is 119 Å². The molecule has 0 N–H and O–H groups in total. The summed E-state index contributed by atoms with van der Waals surface area (Å²) in [5.41, 5.74) is 13.8. The minimum Gasteiger partial charge on any atom is -0.310 e. The predicted octanol–water partition coefficient (Wildman–Crippen LogP) is 12.5. The molecule has 2 aliphatic rings. The molecule has 0 bridgehead atoms. The number of aryl methyl sites for hydroxylation is 2. The van der Waals surface area contributed by atoms with Crippen molar-refractivity contribution in [2.45, 2.75) is 83.5 Å². The first-order valence-electron chi connectivity index (χ1n) is 17.8. The fourth-order valence-electron chi connectivity index (χ4n) is 8.23. The molecule has 48 heavy (non-hydrogen) atoms. The highest BCUT2D eigenvalue weighted by Crippen LogP contribution is 2.63. The number of anilines is 3. The Labute approximate surface area is 286 Å². The zero-order valence-electron chi connectivity index (χ0n) is 28.2. The molecule has 1 aliphatic carbocycles. The third-order valence-electron chi connectivity index (χ3n) is 10.4. The van der Waals surface area contributed by atoms with Gasteiger partial charge in [-0.3, -0.25) is 0 Å². The van der Waals surface area contributed by atoms with Crippen molar-refractivity contribution in [1.29, 1.82) is 5.26 Å². The van der Waals surface area contributed by atoms with E-state index in [4.69, 9.17) is 6.57 Å². The molecule has 0 radical (unpaired) electrons. The van der Waals surface area contributed by atoms with Crippen LogP contribution in [0.15, 0.2) is 103 Å². The van der Waals surface area contributed by atoms with Crippen LogP contribution in [0, 0.1) is 17.9 Å². The Bertz CT molecular complexity index is 1910. The Morgan fingerprint density at radius 3 is 1.75 bits per heavy atom. The van der Waals surface area contributed by atoms with Crippen LogP contribution in [-0.2, 0) is 18.3 Å². The fourth-order valence-corrected chi connectivity index (χ4v) is 8.23. The maximum absolute atomic E-state index is 10.1. The van der Waals surface area contributed by atoms with Crippen LogP contribution in [-0.4, -0.2) is 0 Å². The Morgan fingerprint density at radius 2 is 1.19 bits per heavy atom. The van der Waals surface area contributed by atoms with E-state index < -0.39 is 5.41 Å². The van der Waals surface area contributed by atoms with Crippen molar-refractivity contribution in [3.8, 4) is 17.2 Å². The summed E-state index contributed by atoms with van der Waals surface area (Å²) in [6.07, 6.45) is 12.2. The molecule has 0 unspecified atom stereocenters. The van der Waals surface area contributed by atoms with Crippen LogP contribution in [0.3, 0.4) is 0 Å². The summed E-state index contributed by atoms with van der Waals surface area (Å²) in [7, 11) is 0. The summed E-state index contributed by atoms with van der Waals surface area (Å²) in [5, 5.41) is 10.1. The highest BCUT2D eigenvalue weighted by atomic mass is 15.2. The SMILES string of the molecule is [C-]#[N+]c1ccc2c(c1)C1(c3cc(C#N)ccc3-2)c2ccccc2N(c2cc(CCCCCC)cc(CCCCCC)c2)c2ccccc21. The average molecular weight is 626 g/mol. The van der Waals surface area contributed by atoms with Crippen LogP contribution >= 0.6 is 0 Å². The van der Waals surface area contributed by atoms with E-state index in [1.165, 1.54) is 79.3 Å². The van der Waals surface area contributed by atoms with Gasteiger partial charge in [-0.15, -0.1) is 0 Å². The molecule has 5 aromatic rings. The van der Waals surface area contributed by atoms with Gasteiger partial charge in [0.05, 0.1) is 35.0 Å². The van der Waals surface area contributed by atoms with Crippen molar-refractivity contribution in [1.82, 2.24) is 0 Å². The molecule has 7 rings (SSSR count). The summed E-state index contributed by atoms with van der Waals surface area (Å²) in [6.45, 7) is 12.5. The fraction of sp³-hybridized carbons (Fsp3) is 0.289. The van der Waals surface area contributed by atoms with Gasteiger partial charge < -0.3 is 4.90 Å². The van der Waals surface area contributed by atoms with Crippen LogP contribution in [0.5, 0.6) is 0 Å². The van der Waals surface area contributed by atoms with Crippen LogP contribution < -0.4 is 4.90 Å². The minimum absolute atomic E-state index is 0.627.